The number of likely N-dealkylation sites (tertiary alicyclic amines) is 1. The molecule has 14 heteroatoms. The van der Waals surface area contributed by atoms with Crippen LogP contribution in [0, 0.1) is 0 Å². The van der Waals surface area contributed by atoms with Crippen LogP contribution in [0.4, 0.5) is 4.79 Å². The van der Waals surface area contributed by atoms with Gasteiger partial charge in [-0.15, -0.1) is 0 Å². The van der Waals surface area contributed by atoms with Crippen LogP contribution in [0.25, 0.3) is 10.9 Å². The van der Waals surface area contributed by atoms with Gasteiger partial charge in [-0.1, -0.05) is 18.2 Å². The lowest BCUT2D eigenvalue weighted by Gasteiger charge is -2.24. The molecule has 2 saturated heterocycles. The monoisotopic (exact) mass is 543 g/mol. The molecule has 5 rings (SSSR count). The van der Waals surface area contributed by atoms with Gasteiger partial charge in [0.25, 0.3) is 10.0 Å². The minimum absolute atomic E-state index is 0.0421. The van der Waals surface area contributed by atoms with E-state index in [0.29, 0.717) is 24.1 Å². The van der Waals surface area contributed by atoms with E-state index in [4.69, 9.17) is 14.6 Å². The number of rotatable bonds is 7. The number of amides is 3. The second kappa shape index (κ2) is 10.0. The minimum Gasteiger partial charge on any atom is -0.465 e. The van der Waals surface area contributed by atoms with Crippen LogP contribution in [-0.4, -0.2) is 83.4 Å². The van der Waals surface area contributed by atoms with E-state index in [0.717, 1.165) is 0 Å². The first kappa shape index (κ1) is 25.6. The van der Waals surface area contributed by atoms with Crippen LogP contribution >= 0.6 is 0 Å². The van der Waals surface area contributed by atoms with Crippen molar-refractivity contribution < 1.29 is 37.4 Å². The average Bonchev–Trinajstić information content (AvgIpc) is 3.63. The lowest BCUT2D eigenvalue weighted by Crippen LogP contribution is -2.49. The highest BCUT2D eigenvalue weighted by molar-refractivity contribution is 7.90. The van der Waals surface area contributed by atoms with Crippen LogP contribution in [-0.2, 0) is 35.6 Å². The molecule has 2 aliphatic rings. The molecule has 0 bridgehead atoms. The zero-order valence-corrected chi connectivity index (χ0v) is 20.9. The first-order chi connectivity index (χ1) is 18.2. The number of carbonyl (C=O) groups excluding carboxylic acids is 2. The molecule has 1 atom stereocenters. The maximum atomic E-state index is 13.6. The van der Waals surface area contributed by atoms with E-state index in [9.17, 15) is 22.8 Å². The number of hydrogen-bond acceptors (Lipinski definition) is 8. The molecule has 38 heavy (non-hydrogen) atoms. The first-order valence-corrected chi connectivity index (χ1v) is 13.2. The SMILES string of the molecule is O=C(O)NCC(=O)N1CC2(C[C@H]1C(=O)NCc1cc3cnccc3n1S(=O)(=O)c1ccccc1)OCCO2. The Hall–Kier alpha value is -4.01. The minimum atomic E-state index is -4.01. The van der Waals surface area contributed by atoms with Crippen LogP contribution in [0.3, 0.4) is 0 Å². The van der Waals surface area contributed by atoms with Crippen molar-refractivity contribution in [2.45, 2.75) is 29.7 Å². The number of carboxylic acid groups (broad SMARTS) is 1. The topological polar surface area (TPSA) is 169 Å². The molecule has 1 aromatic carbocycles. The van der Waals surface area contributed by atoms with Gasteiger partial charge in [0.15, 0.2) is 5.79 Å². The average molecular weight is 544 g/mol. The standard InChI is InChI=1S/C24H25N5O8S/c30-21(14-27-23(32)33)28-15-24(36-8-9-37-24)11-20(28)22(31)26-13-17-10-16-12-25-7-6-19(16)29(17)38(34,35)18-4-2-1-3-5-18/h1-7,10,12,20,27H,8-9,11,13-15H2,(H,26,31)(H,32,33)/t20-/m0/s1. The normalized spacial score (nSPS) is 18.6. The van der Waals surface area contributed by atoms with Gasteiger partial charge in [-0.25, -0.2) is 17.2 Å². The third kappa shape index (κ3) is 4.80. The highest BCUT2D eigenvalue weighted by Gasteiger charge is 2.52. The molecule has 3 N–H and O–H groups in total. The Morgan fingerprint density at radius 1 is 1.11 bits per heavy atom. The van der Waals surface area contributed by atoms with Gasteiger partial charge in [-0.2, -0.15) is 0 Å². The second-order valence-electron chi connectivity index (χ2n) is 8.88. The molecule has 3 amide bonds. The Balaban J connectivity index is 1.41. The highest BCUT2D eigenvalue weighted by Crippen LogP contribution is 2.35. The third-order valence-corrected chi connectivity index (χ3v) is 8.25. The van der Waals surface area contributed by atoms with Crippen molar-refractivity contribution in [3.05, 3.63) is 60.6 Å². The lowest BCUT2D eigenvalue weighted by molar-refractivity contribution is -0.152. The van der Waals surface area contributed by atoms with E-state index in [-0.39, 0.29) is 30.1 Å². The van der Waals surface area contributed by atoms with Crippen LogP contribution in [0.15, 0.2) is 59.8 Å². The molecule has 2 aliphatic heterocycles. The van der Waals surface area contributed by atoms with Gasteiger partial charge in [-0.3, -0.25) is 14.6 Å². The summed E-state index contributed by atoms with van der Waals surface area (Å²) in [6, 6.07) is 10.1. The van der Waals surface area contributed by atoms with Gasteiger partial charge >= 0.3 is 6.09 Å². The summed E-state index contributed by atoms with van der Waals surface area (Å²) in [5.41, 5.74) is 0.689. The number of ether oxygens (including phenoxy) is 2. The summed E-state index contributed by atoms with van der Waals surface area (Å²) >= 11 is 0. The maximum Gasteiger partial charge on any atom is 0.405 e. The number of benzene rings is 1. The molecule has 0 radical (unpaired) electrons. The Morgan fingerprint density at radius 3 is 2.55 bits per heavy atom. The van der Waals surface area contributed by atoms with Crippen molar-refractivity contribution >= 4 is 38.8 Å². The van der Waals surface area contributed by atoms with Gasteiger partial charge in [-0.05, 0) is 24.3 Å². The van der Waals surface area contributed by atoms with Crippen LogP contribution < -0.4 is 10.6 Å². The van der Waals surface area contributed by atoms with Gasteiger partial charge in [0, 0.05) is 24.2 Å². The molecule has 1 spiro atoms. The number of aromatic nitrogens is 2. The van der Waals surface area contributed by atoms with E-state index in [1.807, 2.05) is 5.32 Å². The molecule has 2 fully saturated rings. The molecule has 3 aromatic rings. The van der Waals surface area contributed by atoms with Crippen LogP contribution in [0.2, 0.25) is 0 Å². The van der Waals surface area contributed by atoms with E-state index in [1.54, 1.807) is 30.3 Å². The Morgan fingerprint density at radius 2 is 1.84 bits per heavy atom. The predicted molar refractivity (Wildman–Crippen MR) is 131 cm³/mol. The summed E-state index contributed by atoms with van der Waals surface area (Å²) < 4.78 is 39.6. The van der Waals surface area contributed by atoms with Gasteiger partial charge < -0.3 is 30.1 Å². The Bertz CT molecular complexity index is 1480. The summed E-state index contributed by atoms with van der Waals surface area (Å²) in [5, 5.41) is 14.2. The zero-order chi connectivity index (χ0) is 26.9. The van der Waals surface area contributed by atoms with Gasteiger partial charge in [0.2, 0.25) is 11.8 Å². The molecule has 0 aliphatic carbocycles. The molecule has 200 valence electrons. The van der Waals surface area contributed by atoms with Crippen molar-refractivity contribution in [3.8, 4) is 0 Å². The number of hydrogen-bond donors (Lipinski definition) is 3. The fourth-order valence-electron chi connectivity index (χ4n) is 4.78. The Kier molecular flexibility index (Phi) is 6.77. The summed E-state index contributed by atoms with van der Waals surface area (Å²) in [6.45, 7) is -0.129. The molecule has 4 heterocycles. The highest BCUT2D eigenvalue weighted by atomic mass is 32.2. The molecular formula is C24H25N5O8S. The molecule has 13 nitrogen and oxygen atoms in total. The van der Waals surface area contributed by atoms with Crippen molar-refractivity contribution in [1.29, 1.82) is 0 Å². The third-order valence-electron chi connectivity index (χ3n) is 6.47. The maximum absolute atomic E-state index is 13.6. The second-order valence-corrected chi connectivity index (χ2v) is 10.7. The largest absolute Gasteiger partial charge is 0.465 e. The molecular weight excluding hydrogens is 518 g/mol. The number of nitrogens with one attached hydrogen (secondary N) is 2. The summed E-state index contributed by atoms with van der Waals surface area (Å²) in [4.78, 5) is 42.3. The fourth-order valence-corrected chi connectivity index (χ4v) is 6.35. The molecule has 0 saturated carbocycles. The molecule has 2 aromatic heterocycles. The summed E-state index contributed by atoms with van der Waals surface area (Å²) in [5.74, 6) is -2.33. The summed E-state index contributed by atoms with van der Waals surface area (Å²) in [6.07, 6.45) is 1.69. The van der Waals surface area contributed by atoms with Crippen molar-refractivity contribution in [3.63, 3.8) is 0 Å². The van der Waals surface area contributed by atoms with E-state index in [2.05, 4.69) is 10.3 Å². The van der Waals surface area contributed by atoms with Gasteiger partial charge in [0.1, 0.15) is 12.6 Å². The van der Waals surface area contributed by atoms with Crippen LogP contribution in [0.1, 0.15) is 12.1 Å². The number of carbonyl (C=O) groups is 3. The van der Waals surface area contributed by atoms with Gasteiger partial charge in [0.05, 0.1) is 42.4 Å². The van der Waals surface area contributed by atoms with Crippen molar-refractivity contribution in [2.24, 2.45) is 0 Å². The quantitative estimate of drug-likeness (QED) is 0.384. The lowest BCUT2D eigenvalue weighted by atomic mass is 10.1. The molecule has 0 unspecified atom stereocenters. The van der Waals surface area contributed by atoms with Crippen LogP contribution in [0.5, 0.6) is 0 Å². The van der Waals surface area contributed by atoms with E-state index < -0.39 is 46.3 Å². The Labute approximate surface area is 217 Å². The zero-order valence-electron chi connectivity index (χ0n) is 20.1. The summed E-state index contributed by atoms with van der Waals surface area (Å²) in [7, 11) is -4.01. The smallest absolute Gasteiger partial charge is 0.405 e. The predicted octanol–water partition coefficient (Wildman–Crippen LogP) is 0.501. The van der Waals surface area contributed by atoms with E-state index in [1.165, 1.54) is 33.4 Å². The van der Waals surface area contributed by atoms with Crippen molar-refractivity contribution in [1.82, 2.24) is 24.5 Å². The number of nitrogens with zero attached hydrogens (tertiary/aromatic N) is 3. The first-order valence-electron chi connectivity index (χ1n) is 11.8. The fraction of sp³-hybridized carbons (Fsp3) is 0.333. The van der Waals surface area contributed by atoms with E-state index >= 15 is 0 Å². The van der Waals surface area contributed by atoms with Crippen molar-refractivity contribution in [2.75, 3.05) is 26.3 Å². The number of fused-ring (bicyclic) bond motifs is 1. The number of pyridine rings is 1.